The number of fused-ring (bicyclic) bond motifs is 1. The van der Waals surface area contributed by atoms with Gasteiger partial charge in [0.05, 0.1) is 22.6 Å². The third kappa shape index (κ3) is 4.07. The molecule has 0 atom stereocenters. The first-order valence-electron chi connectivity index (χ1n) is 8.49. The highest BCUT2D eigenvalue weighted by Gasteiger charge is 2.24. The number of anilines is 1. The van der Waals surface area contributed by atoms with Gasteiger partial charge in [-0.25, -0.2) is 4.79 Å². The summed E-state index contributed by atoms with van der Waals surface area (Å²) in [6.45, 7) is 0.0611. The van der Waals surface area contributed by atoms with E-state index in [9.17, 15) is 19.7 Å². The van der Waals surface area contributed by atoms with Crippen LogP contribution in [0.5, 0.6) is 5.75 Å². The van der Waals surface area contributed by atoms with Crippen molar-refractivity contribution in [3.05, 3.63) is 62.7 Å². The number of hydrogen-bond donors (Lipinski definition) is 0. The summed E-state index contributed by atoms with van der Waals surface area (Å²) in [6.07, 6.45) is 1.61. The van der Waals surface area contributed by atoms with Gasteiger partial charge in [0.2, 0.25) is 0 Å². The van der Waals surface area contributed by atoms with Crippen LogP contribution in [0.4, 0.5) is 11.4 Å². The summed E-state index contributed by atoms with van der Waals surface area (Å²) in [4.78, 5) is 36.5. The summed E-state index contributed by atoms with van der Waals surface area (Å²) in [7, 11) is 1.58. The van der Waals surface area contributed by atoms with E-state index in [4.69, 9.17) is 21.1 Å². The molecule has 3 rings (SSSR count). The lowest BCUT2D eigenvalue weighted by Gasteiger charge is -2.29. The lowest BCUT2D eigenvalue weighted by Crippen LogP contribution is -2.38. The molecular formula is C19H17ClN2O6. The molecule has 0 fully saturated rings. The molecule has 28 heavy (non-hydrogen) atoms. The molecule has 1 aliphatic rings. The number of rotatable bonds is 5. The molecule has 0 aliphatic carbocycles. The predicted octanol–water partition coefficient (Wildman–Crippen LogP) is 3.39. The topological polar surface area (TPSA) is 99.0 Å². The third-order valence-electron chi connectivity index (χ3n) is 4.42. The van der Waals surface area contributed by atoms with Crippen LogP contribution in [-0.4, -0.2) is 37.1 Å². The van der Waals surface area contributed by atoms with Crippen molar-refractivity contribution in [2.24, 2.45) is 0 Å². The molecule has 0 unspecified atom stereocenters. The van der Waals surface area contributed by atoms with Gasteiger partial charge < -0.3 is 14.4 Å². The minimum atomic E-state index is -0.819. The number of nitrogens with zero attached hydrogens (tertiary/aromatic N) is 2. The number of nitro benzene ring substituents is 1. The molecule has 0 saturated heterocycles. The van der Waals surface area contributed by atoms with Gasteiger partial charge in [-0.05, 0) is 42.7 Å². The minimum Gasteiger partial charge on any atom is -0.497 e. The van der Waals surface area contributed by atoms with Gasteiger partial charge in [-0.15, -0.1) is 0 Å². The predicted molar refractivity (Wildman–Crippen MR) is 102 cm³/mol. The summed E-state index contributed by atoms with van der Waals surface area (Å²) in [5.41, 5.74) is 1.48. The lowest BCUT2D eigenvalue weighted by atomic mass is 10.0. The zero-order chi connectivity index (χ0) is 20.3. The van der Waals surface area contributed by atoms with Crippen molar-refractivity contribution in [1.82, 2.24) is 0 Å². The van der Waals surface area contributed by atoms with E-state index in [1.807, 2.05) is 6.07 Å². The van der Waals surface area contributed by atoms with Gasteiger partial charge in [0.25, 0.3) is 11.6 Å². The number of carbonyl (C=O) groups excluding carboxylic acids is 2. The highest BCUT2D eigenvalue weighted by atomic mass is 35.5. The number of non-ortho nitro benzene ring substituents is 1. The molecule has 8 nitrogen and oxygen atoms in total. The van der Waals surface area contributed by atoms with E-state index in [1.54, 1.807) is 24.1 Å². The van der Waals surface area contributed by atoms with Crippen LogP contribution in [0.25, 0.3) is 0 Å². The monoisotopic (exact) mass is 404 g/mol. The number of carbonyl (C=O) groups is 2. The Morgan fingerprint density at radius 2 is 2.04 bits per heavy atom. The lowest BCUT2D eigenvalue weighted by molar-refractivity contribution is -0.384. The Balaban J connectivity index is 1.68. The smallest absolute Gasteiger partial charge is 0.340 e. The molecule has 0 radical (unpaired) electrons. The summed E-state index contributed by atoms with van der Waals surface area (Å²) in [5.74, 6) is -0.468. The van der Waals surface area contributed by atoms with Crippen molar-refractivity contribution in [3.8, 4) is 5.75 Å². The molecule has 146 valence electrons. The Labute approximate surface area is 165 Å². The van der Waals surface area contributed by atoms with Crippen LogP contribution in [0.15, 0.2) is 36.4 Å². The van der Waals surface area contributed by atoms with Crippen LogP contribution in [0, 0.1) is 10.1 Å². The average Bonchev–Trinajstić information content (AvgIpc) is 2.70. The standard InChI is InChI=1S/C19H17ClN2O6/c1-27-14-5-7-17-12(9-14)3-2-8-21(17)18(23)11-28-19(24)15-6-4-13(22(25)26)10-16(15)20/h4-7,9-10H,2-3,8,11H2,1H3. The highest BCUT2D eigenvalue weighted by Crippen LogP contribution is 2.30. The van der Waals surface area contributed by atoms with Crippen molar-refractivity contribution < 1.29 is 24.0 Å². The number of benzene rings is 2. The number of halogens is 1. The van der Waals surface area contributed by atoms with E-state index < -0.39 is 17.5 Å². The summed E-state index contributed by atoms with van der Waals surface area (Å²) in [6, 6.07) is 8.88. The van der Waals surface area contributed by atoms with Crippen molar-refractivity contribution in [2.75, 3.05) is 25.2 Å². The molecule has 0 aromatic heterocycles. The van der Waals surface area contributed by atoms with Gasteiger partial charge in [-0.1, -0.05) is 11.6 Å². The van der Waals surface area contributed by atoms with Crippen molar-refractivity contribution in [2.45, 2.75) is 12.8 Å². The fourth-order valence-corrected chi connectivity index (χ4v) is 3.28. The molecule has 1 heterocycles. The largest absolute Gasteiger partial charge is 0.497 e. The Morgan fingerprint density at radius 3 is 2.71 bits per heavy atom. The first-order valence-corrected chi connectivity index (χ1v) is 8.87. The maximum atomic E-state index is 12.6. The Morgan fingerprint density at radius 1 is 1.25 bits per heavy atom. The van der Waals surface area contributed by atoms with Gasteiger partial charge in [-0.3, -0.25) is 14.9 Å². The fraction of sp³-hybridized carbons (Fsp3) is 0.263. The molecule has 2 aromatic carbocycles. The average molecular weight is 405 g/mol. The molecule has 1 amide bonds. The second-order valence-corrected chi connectivity index (χ2v) is 6.55. The summed E-state index contributed by atoms with van der Waals surface area (Å²) >= 11 is 5.92. The second kappa shape index (κ2) is 8.26. The molecule has 9 heteroatoms. The number of ether oxygens (including phenoxy) is 2. The molecule has 1 aliphatic heterocycles. The molecule has 0 N–H and O–H groups in total. The minimum absolute atomic E-state index is 0.0381. The first kappa shape index (κ1) is 19.6. The van der Waals surface area contributed by atoms with Gasteiger partial charge in [0.1, 0.15) is 5.75 Å². The maximum absolute atomic E-state index is 12.6. The van der Waals surface area contributed by atoms with Crippen LogP contribution < -0.4 is 9.64 Å². The van der Waals surface area contributed by atoms with Crippen LogP contribution in [-0.2, 0) is 16.0 Å². The molecule has 0 saturated carbocycles. The zero-order valence-corrected chi connectivity index (χ0v) is 15.8. The van der Waals surface area contributed by atoms with Crippen molar-refractivity contribution in [3.63, 3.8) is 0 Å². The van der Waals surface area contributed by atoms with E-state index in [0.29, 0.717) is 12.3 Å². The first-order chi connectivity index (χ1) is 13.4. The highest BCUT2D eigenvalue weighted by molar-refractivity contribution is 6.33. The van der Waals surface area contributed by atoms with Crippen molar-refractivity contribution >= 4 is 34.9 Å². The fourth-order valence-electron chi connectivity index (χ4n) is 3.03. The van der Waals surface area contributed by atoms with Crippen molar-refractivity contribution in [1.29, 1.82) is 0 Å². The van der Waals surface area contributed by atoms with E-state index in [1.165, 1.54) is 6.07 Å². The Bertz CT molecular complexity index is 946. The van der Waals surface area contributed by atoms with Gasteiger partial charge >= 0.3 is 5.97 Å². The van der Waals surface area contributed by atoms with E-state index in [2.05, 4.69) is 0 Å². The molecular weight excluding hydrogens is 388 g/mol. The second-order valence-electron chi connectivity index (χ2n) is 6.14. The van der Waals surface area contributed by atoms with Crippen LogP contribution in [0.3, 0.4) is 0 Å². The number of amides is 1. The number of esters is 1. The summed E-state index contributed by atoms with van der Waals surface area (Å²) in [5, 5.41) is 10.6. The van der Waals surface area contributed by atoms with Gasteiger partial charge in [0, 0.05) is 24.4 Å². The number of aryl methyl sites for hydroxylation is 1. The molecule has 0 bridgehead atoms. The third-order valence-corrected chi connectivity index (χ3v) is 4.73. The summed E-state index contributed by atoms with van der Waals surface area (Å²) < 4.78 is 10.3. The molecule has 0 spiro atoms. The van der Waals surface area contributed by atoms with E-state index in [0.717, 1.165) is 36.2 Å². The number of methoxy groups -OCH3 is 1. The van der Waals surface area contributed by atoms with Crippen LogP contribution in [0.1, 0.15) is 22.3 Å². The SMILES string of the molecule is COc1ccc2c(c1)CCCN2C(=O)COC(=O)c1ccc([N+](=O)[O-])cc1Cl. The quantitative estimate of drug-likeness (QED) is 0.430. The number of nitro groups is 1. The Kier molecular flexibility index (Phi) is 5.79. The van der Waals surface area contributed by atoms with Crippen LogP contribution >= 0.6 is 11.6 Å². The maximum Gasteiger partial charge on any atom is 0.340 e. The van der Waals surface area contributed by atoms with E-state index >= 15 is 0 Å². The van der Waals surface area contributed by atoms with Gasteiger partial charge in [0.15, 0.2) is 6.61 Å². The zero-order valence-electron chi connectivity index (χ0n) is 15.0. The van der Waals surface area contributed by atoms with E-state index in [-0.39, 0.29) is 22.2 Å². The normalized spacial score (nSPS) is 12.9. The van der Waals surface area contributed by atoms with Gasteiger partial charge in [-0.2, -0.15) is 0 Å². The molecule has 2 aromatic rings. The van der Waals surface area contributed by atoms with Crippen LogP contribution in [0.2, 0.25) is 5.02 Å². The number of hydrogen-bond acceptors (Lipinski definition) is 6. The Hall–Kier alpha value is -3.13.